The van der Waals surface area contributed by atoms with Crippen LogP contribution >= 0.6 is 0 Å². The number of nitrogens with one attached hydrogen (secondary N) is 1. The third-order valence-corrected chi connectivity index (χ3v) is 3.65. The van der Waals surface area contributed by atoms with Crippen molar-refractivity contribution in [3.05, 3.63) is 29.6 Å². The molecular weight excluding hydrogens is 259 g/mol. The highest BCUT2D eigenvalue weighted by Crippen LogP contribution is 2.26. The van der Waals surface area contributed by atoms with Gasteiger partial charge in [0.05, 0.1) is 6.42 Å². The molecule has 2 N–H and O–H groups in total. The van der Waals surface area contributed by atoms with E-state index in [1.165, 1.54) is 6.07 Å². The number of hydrogen-bond donors (Lipinski definition) is 2. The Labute approximate surface area is 118 Å². The van der Waals surface area contributed by atoms with Crippen LogP contribution in [0, 0.1) is 5.82 Å². The van der Waals surface area contributed by atoms with Crippen molar-refractivity contribution in [2.24, 2.45) is 0 Å². The molecule has 1 aliphatic rings. The molecule has 1 fully saturated rings. The Morgan fingerprint density at radius 1 is 1.45 bits per heavy atom. The summed E-state index contributed by atoms with van der Waals surface area (Å²) in [4.78, 5) is 12.8. The Hall–Kier alpha value is -1.62. The topological polar surface area (TPSA) is 52.6 Å². The molecule has 1 heterocycles. The van der Waals surface area contributed by atoms with Gasteiger partial charge in [-0.15, -0.1) is 0 Å². The summed E-state index contributed by atoms with van der Waals surface area (Å²) in [5, 5.41) is 11.8. The number of carboxylic acid groups (broad SMARTS) is 1. The Kier molecular flexibility index (Phi) is 4.95. The van der Waals surface area contributed by atoms with Gasteiger partial charge in [-0.05, 0) is 31.9 Å². The largest absolute Gasteiger partial charge is 0.481 e. The molecule has 1 aromatic rings. The van der Waals surface area contributed by atoms with Crippen molar-refractivity contribution >= 4 is 11.7 Å². The molecule has 2 rings (SSSR count). The summed E-state index contributed by atoms with van der Waals surface area (Å²) in [7, 11) is 0. The number of benzene rings is 1. The molecule has 5 heteroatoms. The molecule has 20 heavy (non-hydrogen) atoms. The number of aliphatic carboxylic acids is 1. The van der Waals surface area contributed by atoms with E-state index in [0.717, 1.165) is 31.6 Å². The fourth-order valence-electron chi connectivity index (χ4n) is 2.59. The predicted molar refractivity (Wildman–Crippen MR) is 76.4 cm³/mol. The molecule has 1 saturated heterocycles. The molecule has 0 unspecified atom stereocenters. The van der Waals surface area contributed by atoms with Crippen LogP contribution in [0.5, 0.6) is 0 Å². The van der Waals surface area contributed by atoms with Gasteiger partial charge in [-0.25, -0.2) is 4.39 Å². The van der Waals surface area contributed by atoms with Gasteiger partial charge in [-0.1, -0.05) is 6.07 Å². The van der Waals surface area contributed by atoms with E-state index in [1.54, 1.807) is 13.0 Å². The molecule has 1 aliphatic heterocycles. The Morgan fingerprint density at radius 3 is 2.80 bits per heavy atom. The monoisotopic (exact) mass is 280 g/mol. The fraction of sp³-hybridized carbons (Fsp3) is 0.533. The molecule has 110 valence electrons. The molecule has 0 radical (unpaired) electrons. The summed E-state index contributed by atoms with van der Waals surface area (Å²) in [6.45, 7) is 4.07. The van der Waals surface area contributed by atoms with Crippen LogP contribution in [-0.2, 0) is 11.3 Å². The van der Waals surface area contributed by atoms with Crippen molar-refractivity contribution in [2.45, 2.75) is 38.8 Å². The van der Waals surface area contributed by atoms with E-state index in [9.17, 15) is 9.18 Å². The van der Waals surface area contributed by atoms with Crippen molar-refractivity contribution in [3.63, 3.8) is 0 Å². The average molecular weight is 280 g/mol. The second-order valence-corrected chi connectivity index (χ2v) is 5.31. The van der Waals surface area contributed by atoms with Gasteiger partial charge in [-0.3, -0.25) is 4.79 Å². The quantitative estimate of drug-likeness (QED) is 0.840. The summed E-state index contributed by atoms with van der Waals surface area (Å²) in [5.41, 5.74) is 1.56. The number of hydrogen-bond acceptors (Lipinski definition) is 3. The number of nitrogens with zero attached hydrogens (tertiary/aromatic N) is 1. The predicted octanol–water partition coefficient (Wildman–Crippen LogP) is 2.38. The molecule has 1 aromatic carbocycles. The zero-order valence-electron chi connectivity index (χ0n) is 11.7. The lowest BCUT2D eigenvalue weighted by molar-refractivity contribution is -0.137. The molecule has 0 saturated carbocycles. The van der Waals surface area contributed by atoms with Crippen molar-refractivity contribution in [1.29, 1.82) is 0 Å². The highest BCUT2D eigenvalue weighted by Gasteiger charge is 2.18. The Bertz CT molecular complexity index is 473. The van der Waals surface area contributed by atoms with Gasteiger partial charge >= 0.3 is 5.97 Å². The zero-order valence-corrected chi connectivity index (χ0v) is 11.7. The van der Waals surface area contributed by atoms with E-state index < -0.39 is 5.97 Å². The minimum Gasteiger partial charge on any atom is -0.481 e. The van der Waals surface area contributed by atoms with Crippen molar-refractivity contribution < 1.29 is 14.3 Å². The minimum atomic E-state index is -0.849. The smallest absolute Gasteiger partial charge is 0.304 e. The summed E-state index contributed by atoms with van der Waals surface area (Å²) in [6.07, 6.45) is 2.31. The minimum absolute atomic E-state index is 0.0352. The number of carbonyl (C=O) groups is 1. The van der Waals surface area contributed by atoms with Crippen LogP contribution in [0.1, 0.15) is 31.7 Å². The first-order valence-corrected chi connectivity index (χ1v) is 7.05. The second-order valence-electron chi connectivity index (χ2n) is 5.31. The number of carboxylic acids is 1. The van der Waals surface area contributed by atoms with Gasteiger partial charge in [-0.2, -0.15) is 0 Å². The van der Waals surface area contributed by atoms with Crippen molar-refractivity contribution in [3.8, 4) is 0 Å². The van der Waals surface area contributed by atoms with Gasteiger partial charge in [0.1, 0.15) is 5.82 Å². The van der Waals surface area contributed by atoms with Crippen LogP contribution in [0.3, 0.4) is 0 Å². The molecule has 0 bridgehead atoms. The van der Waals surface area contributed by atoms with E-state index in [1.807, 2.05) is 6.07 Å². The Balaban J connectivity index is 2.07. The van der Waals surface area contributed by atoms with Crippen LogP contribution in [0.2, 0.25) is 0 Å². The maximum atomic E-state index is 14.0. The van der Waals surface area contributed by atoms with Gasteiger partial charge in [0, 0.05) is 36.9 Å². The van der Waals surface area contributed by atoms with Crippen LogP contribution < -0.4 is 10.2 Å². The van der Waals surface area contributed by atoms with Crippen LogP contribution in [0.4, 0.5) is 10.1 Å². The van der Waals surface area contributed by atoms with Gasteiger partial charge in [0.15, 0.2) is 0 Å². The summed E-state index contributed by atoms with van der Waals surface area (Å²) in [5.74, 6) is -1.08. The van der Waals surface area contributed by atoms with Gasteiger partial charge in [0.25, 0.3) is 0 Å². The first-order valence-electron chi connectivity index (χ1n) is 7.05. The number of anilines is 1. The molecule has 4 nitrogen and oxygen atoms in total. The molecular formula is C15H21FN2O2. The van der Waals surface area contributed by atoms with Crippen LogP contribution in [0.15, 0.2) is 18.2 Å². The van der Waals surface area contributed by atoms with Gasteiger partial charge < -0.3 is 15.3 Å². The number of rotatable bonds is 6. The number of halogens is 1. The summed E-state index contributed by atoms with van der Waals surface area (Å²) >= 11 is 0. The normalized spacial score (nSPS) is 16.4. The van der Waals surface area contributed by atoms with Gasteiger partial charge in [0.2, 0.25) is 0 Å². The fourth-order valence-corrected chi connectivity index (χ4v) is 2.59. The van der Waals surface area contributed by atoms with E-state index in [0.29, 0.717) is 12.1 Å². The lowest BCUT2D eigenvalue weighted by atomic mass is 10.1. The highest BCUT2D eigenvalue weighted by atomic mass is 19.1. The third kappa shape index (κ3) is 3.70. The lowest BCUT2D eigenvalue weighted by Gasteiger charge is -2.23. The zero-order chi connectivity index (χ0) is 14.5. The highest BCUT2D eigenvalue weighted by molar-refractivity contribution is 5.67. The standard InChI is InChI=1S/C15H21FN2O2/c1-11(9-15(19)20)17-10-12-13(16)5-4-6-14(12)18-7-2-3-8-18/h4-6,11,17H,2-3,7-10H2,1H3,(H,19,20)/t11-/m1/s1. The third-order valence-electron chi connectivity index (χ3n) is 3.65. The van der Waals surface area contributed by atoms with E-state index in [-0.39, 0.29) is 18.3 Å². The van der Waals surface area contributed by atoms with E-state index in [4.69, 9.17) is 5.11 Å². The van der Waals surface area contributed by atoms with E-state index >= 15 is 0 Å². The lowest BCUT2D eigenvalue weighted by Crippen LogP contribution is -2.29. The first kappa shape index (κ1) is 14.8. The average Bonchev–Trinajstić information content (AvgIpc) is 2.89. The Morgan fingerprint density at radius 2 is 2.15 bits per heavy atom. The van der Waals surface area contributed by atoms with Crippen molar-refractivity contribution in [1.82, 2.24) is 5.32 Å². The SMILES string of the molecule is C[C@H](CC(=O)O)NCc1c(F)cccc1N1CCCC1. The molecule has 0 aromatic heterocycles. The molecule has 1 atom stereocenters. The molecule has 0 aliphatic carbocycles. The van der Waals surface area contributed by atoms with E-state index in [2.05, 4.69) is 10.2 Å². The van der Waals surface area contributed by atoms with Crippen LogP contribution in [0.25, 0.3) is 0 Å². The maximum Gasteiger partial charge on any atom is 0.304 e. The summed E-state index contributed by atoms with van der Waals surface area (Å²) < 4.78 is 14.0. The first-order chi connectivity index (χ1) is 9.58. The second kappa shape index (κ2) is 6.70. The summed E-state index contributed by atoms with van der Waals surface area (Å²) in [6, 6.07) is 4.94. The molecule has 0 spiro atoms. The maximum absolute atomic E-state index is 14.0. The van der Waals surface area contributed by atoms with Crippen molar-refractivity contribution in [2.75, 3.05) is 18.0 Å². The van der Waals surface area contributed by atoms with Crippen LogP contribution in [-0.4, -0.2) is 30.2 Å². The molecule has 0 amide bonds.